The summed E-state index contributed by atoms with van der Waals surface area (Å²) >= 11 is 5.90. The van der Waals surface area contributed by atoms with Crippen LogP contribution >= 0.6 is 11.6 Å². The van der Waals surface area contributed by atoms with Gasteiger partial charge in [0.25, 0.3) is 0 Å². The molecule has 3 rings (SSSR count). The average Bonchev–Trinajstić information content (AvgIpc) is 2.66. The molecule has 1 heterocycles. The SMILES string of the molecule is Nc1nc2ccc(Cl)cc2n1-c1c(F)cccc1F. The fourth-order valence-electron chi connectivity index (χ4n) is 2.00. The van der Waals surface area contributed by atoms with Crippen LogP contribution in [0.5, 0.6) is 0 Å². The maximum atomic E-state index is 13.8. The van der Waals surface area contributed by atoms with Crippen LogP contribution in [0.25, 0.3) is 16.7 Å². The van der Waals surface area contributed by atoms with Gasteiger partial charge in [0.05, 0.1) is 11.0 Å². The average molecular weight is 280 g/mol. The number of hydrogen-bond donors (Lipinski definition) is 1. The summed E-state index contributed by atoms with van der Waals surface area (Å²) in [5, 5.41) is 0.436. The Bertz CT molecular complexity index is 763. The summed E-state index contributed by atoms with van der Waals surface area (Å²) in [6, 6.07) is 8.45. The fraction of sp³-hybridized carbons (Fsp3) is 0. The first kappa shape index (κ1) is 11.9. The molecule has 0 spiro atoms. The maximum Gasteiger partial charge on any atom is 0.206 e. The summed E-state index contributed by atoms with van der Waals surface area (Å²) in [5.41, 5.74) is 6.46. The molecule has 19 heavy (non-hydrogen) atoms. The number of para-hydroxylation sites is 1. The summed E-state index contributed by atoms with van der Waals surface area (Å²) in [7, 11) is 0. The summed E-state index contributed by atoms with van der Waals surface area (Å²) in [4.78, 5) is 4.06. The van der Waals surface area contributed by atoms with E-state index in [0.717, 1.165) is 12.1 Å². The van der Waals surface area contributed by atoms with E-state index in [9.17, 15) is 8.78 Å². The van der Waals surface area contributed by atoms with E-state index < -0.39 is 11.6 Å². The number of nitrogen functional groups attached to an aromatic ring is 1. The minimum atomic E-state index is -0.717. The first-order chi connectivity index (χ1) is 9.08. The van der Waals surface area contributed by atoms with Crippen LogP contribution in [0.3, 0.4) is 0 Å². The first-order valence-corrected chi connectivity index (χ1v) is 5.83. The Morgan fingerprint density at radius 3 is 2.47 bits per heavy atom. The van der Waals surface area contributed by atoms with E-state index in [0.29, 0.717) is 16.1 Å². The smallest absolute Gasteiger partial charge is 0.206 e. The third-order valence-corrected chi connectivity index (χ3v) is 3.04. The van der Waals surface area contributed by atoms with E-state index >= 15 is 0 Å². The Kier molecular flexibility index (Phi) is 2.64. The Labute approximate surface area is 112 Å². The first-order valence-electron chi connectivity index (χ1n) is 5.46. The van der Waals surface area contributed by atoms with Crippen molar-refractivity contribution in [3.05, 3.63) is 53.1 Å². The molecule has 0 amide bonds. The second-order valence-corrected chi connectivity index (χ2v) is 4.45. The highest BCUT2D eigenvalue weighted by Gasteiger charge is 2.17. The molecule has 0 saturated carbocycles. The molecule has 3 nitrogen and oxygen atoms in total. The topological polar surface area (TPSA) is 43.8 Å². The van der Waals surface area contributed by atoms with E-state index in [4.69, 9.17) is 17.3 Å². The number of fused-ring (bicyclic) bond motifs is 1. The second kappa shape index (κ2) is 4.20. The third-order valence-electron chi connectivity index (χ3n) is 2.80. The van der Waals surface area contributed by atoms with Crippen molar-refractivity contribution in [3.8, 4) is 5.69 Å². The Hall–Kier alpha value is -2.14. The van der Waals surface area contributed by atoms with Gasteiger partial charge in [0.2, 0.25) is 5.95 Å². The summed E-state index contributed by atoms with van der Waals surface area (Å²) in [5.74, 6) is -1.43. The molecule has 0 radical (unpaired) electrons. The van der Waals surface area contributed by atoms with Crippen molar-refractivity contribution in [2.45, 2.75) is 0 Å². The normalized spacial score (nSPS) is 11.1. The quantitative estimate of drug-likeness (QED) is 0.740. The second-order valence-electron chi connectivity index (χ2n) is 4.01. The predicted octanol–water partition coefficient (Wildman–Crippen LogP) is 3.54. The standard InChI is InChI=1S/C13H8ClF2N3/c14-7-4-5-10-11(6-7)19(13(17)18-10)12-8(15)2-1-3-9(12)16/h1-6H,(H2,17,18). The number of anilines is 1. The lowest BCUT2D eigenvalue weighted by Gasteiger charge is -2.08. The van der Waals surface area contributed by atoms with E-state index in [1.54, 1.807) is 18.2 Å². The molecule has 0 atom stereocenters. The van der Waals surface area contributed by atoms with Gasteiger partial charge in [0.1, 0.15) is 17.3 Å². The number of halogens is 3. The molecule has 2 N–H and O–H groups in total. The number of rotatable bonds is 1. The largest absolute Gasteiger partial charge is 0.369 e. The van der Waals surface area contributed by atoms with Gasteiger partial charge in [-0.15, -0.1) is 0 Å². The number of nitrogens with two attached hydrogens (primary N) is 1. The summed E-state index contributed by atoms with van der Waals surface area (Å²) in [6.07, 6.45) is 0. The van der Waals surface area contributed by atoms with E-state index in [1.165, 1.54) is 10.6 Å². The lowest BCUT2D eigenvalue weighted by molar-refractivity contribution is 0.572. The number of nitrogens with zero attached hydrogens (tertiary/aromatic N) is 2. The molecule has 6 heteroatoms. The molecule has 96 valence electrons. The number of benzene rings is 2. The Balaban J connectivity index is 2.42. The zero-order valence-corrected chi connectivity index (χ0v) is 10.3. The predicted molar refractivity (Wildman–Crippen MR) is 70.4 cm³/mol. The van der Waals surface area contributed by atoms with Crippen molar-refractivity contribution in [1.82, 2.24) is 9.55 Å². The van der Waals surface area contributed by atoms with Crippen LogP contribution in [-0.2, 0) is 0 Å². The zero-order chi connectivity index (χ0) is 13.6. The molecular weight excluding hydrogens is 272 g/mol. The molecule has 0 saturated heterocycles. The van der Waals surface area contributed by atoms with Crippen molar-refractivity contribution < 1.29 is 8.78 Å². The molecule has 0 aliphatic rings. The van der Waals surface area contributed by atoms with Crippen LogP contribution < -0.4 is 5.73 Å². The lowest BCUT2D eigenvalue weighted by Crippen LogP contribution is -2.05. The van der Waals surface area contributed by atoms with E-state index in [2.05, 4.69) is 4.98 Å². The van der Waals surface area contributed by atoms with E-state index in [-0.39, 0.29) is 11.6 Å². The van der Waals surface area contributed by atoms with Gasteiger partial charge in [-0.1, -0.05) is 17.7 Å². The Morgan fingerprint density at radius 1 is 1.11 bits per heavy atom. The van der Waals surface area contributed by atoms with Crippen LogP contribution in [-0.4, -0.2) is 9.55 Å². The summed E-state index contributed by atoms with van der Waals surface area (Å²) in [6.45, 7) is 0. The van der Waals surface area contributed by atoms with Gasteiger partial charge in [-0.05, 0) is 30.3 Å². The maximum absolute atomic E-state index is 13.8. The molecular formula is C13H8ClF2N3. The minimum Gasteiger partial charge on any atom is -0.369 e. The lowest BCUT2D eigenvalue weighted by atomic mass is 10.2. The highest BCUT2D eigenvalue weighted by Crippen LogP contribution is 2.28. The number of hydrogen-bond acceptors (Lipinski definition) is 2. The van der Waals surface area contributed by atoms with Gasteiger partial charge in [-0.3, -0.25) is 4.57 Å². The molecule has 0 bridgehead atoms. The fourth-order valence-corrected chi connectivity index (χ4v) is 2.17. The highest BCUT2D eigenvalue weighted by atomic mass is 35.5. The van der Waals surface area contributed by atoms with Crippen LogP contribution in [0.2, 0.25) is 5.02 Å². The molecule has 2 aromatic carbocycles. The monoisotopic (exact) mass is 279 g/mol. The van der Waals surface area contributed by atoms with Gasteiger partial charge < -0.3 is 5.73 Å². The van der Waals surface area contributed by atoms with Gasteiger partial charge >= 0.3 is 0 Å². The van der Waals surface area contributed by atoms with Gasteiger partial charge in [-0.25, -0.2) is 13.8 Å². The van der Waals surface area contributed by atoms with Crippen LogP contribution in [0.15, 0.2) is 36.4 Å². The van der Waals surface area contributed by atoms with Gasteiger partial charge in [-0.2, -0.15) is 0 Å². The summed E-state index contributed by atoms with van der Waals surface area (Å²) < 4.78 is 28.9. The number of imidazole rings is 1. The van der Waals surface area contributed by atoms with Crippen LogP contribution in [0.1, 0.15) is 0 Å². The van der Waals surface area contributed by atoms with Gasteiger partial charge in [0.15, 0.2) is 0 Å². The molecule has 0 fully saturated rings. The minimum absolute atomic E-state index is 0.00117. The van der Waals surface area contributed by atoms with Crippen LogP contribution in [0, 0.1) is 11.6 Å². The van der Waals surface area contributed by atoms with Crippen molar-refractivity contribution in [3.63, 3.8) is 0 Å². The van der Waals surface area contributed by atoms with Crippen molar-refractivity contribution in [1.29, 1.82) is 0 Å². The number of aromatic nitrogens is 2. The highest BCUT2D eigenvalue weighted by molar-refractivity contribution is 6.31. The Morgan fingerprint density at radius 2 is 1.79 bits per heavy atom. The molecule has 3 aromatic rings. The van der Waals surface area contributed by atoms with Crippen molar-refractivity contribution in [2.75, 3.05) is 5.73 Å². The van der Waals surface area contributed by atoms with E-state index in [1.807, 2.05) is 0 Å². The van der Waals surface area contributed by atoms with Crippen molar-refractivity contribution >= 4 is 28.6 Å². The molecule has 0 unspecified atom stereocenters. The third kappa shape index (κ3) is 1.82. The van der Waals surface area contributed by atoms with Gasteiger partial charge in [0, 0.05) is 5.02 Å². The zero-order valence-electron chi connectivity index (χ0n) is 9.57. The van der Waals surface area contributed by atoms with Crippen LogP contribution in [0.4, 0.5) is 14.7 Å². The molecule has 1 aromatic heterocycles. The molecule has 0 aliphatic heterocycles. The molecule has 0 aliphatic carbocycles. The van der Waals surface area contributed by atoms with Crippen molar-refractivity contribution in [2.24, 2.45) is 0 Å².